The van der Waals surface area contributed by atoms with Crippen LogP contribution in [0.25, 0.3) is 0 Å². The standard InChI is InChI=1S/C12H14ClNO3S/c13-10-3-1-2-4-11(10)14-12(15)9-5-7-18(16,17)8-6-9/h1-4,9H,5-8H2,(H,14,15). The fourth-order valence-electron chi connectivity index (χ4n) is 1.95. The summed E-state index contributed by atoms with van der Waals surface area (Å²) in [5.41, 5.74) is 0.567. The van der Waals surface area contributed by atoms with Gasteiger partial charge in [0.1, 0.15) is 9.84 Å². The van der Waals surface area contributed by atoms with Gasteiger partial charge in [-0.25, -0.2) is 8.42 Å². The lowest BCUT2D eigenvalue weighted by molar-refractivity contribution is -0.120. The van der Waals surface area contributed by atoms with E-state index < -0.39 is 9.84 Å². The van der Waals surface area contributed by atoms with Crippen LogP contribution in [-0.4, -0.2) is 25.8 Å². The first-order valence-electron chi connectivity index (χ1n) is 5.74. The van der Waals surface area contributed by atoms with Crippen molar-refractivity contribution in [2.45, 2.75) is 12.8 Å². The number of carbonyl (C=O) groups excluding carboxylic acids is 1. The number of hydrogen-bond acceptors (Lipinski definition) is 3. The number of para-hydroxylation sites is 1. The molecule has 0 aliphatic carbocycles. The summed E-state index contributed by atoms with van der Waals surface area (Å²) in [5, 5.41) is 3.22. The molecule has 1 aromatic carbocycles. The molecule has 4 nitrogen and oxygen atoms in total. The third kappa shape index (κ3) is 3.23. The second kappa shape index (κ2) is 5.28. The molecular formula is C12H14ClNO3S. The van der Waals surface area contributed by atoms with E-state index in [9.17, 15) is 13.2 Å². The summed E-state index contributed by atoms with van der Waals surface area (Å²) in [4.78, 5) is 12.0. The Morgan fingerprint density at radius 1 is 1.22 bits per heavy atom. The number of benzene rings is 1. The molecule has 1 fully saturated rings. The van der Waals surface area contributed by atoms with E-state index in [1.165, 1.54) is 0 Å². The van der Waals surface area contributed by atoms with Crippen molar-refractivity contribution in [1.82, 2.24) is 0 Å². The molecule has 1 amide bonds. The van der Waals surface area contributed by atoms with Gasteiger partial charge in [-0.1, -0.05) is 23.7 Å². The summed E-state index contributed by atoms with van der Waals surface area (Å²) in [5.74, 6) is -0.218. The Morgan fingerprint density at radius 3 is 2.44 bits per heavy atom. The van der Waals surface area contributed by atoms with Gasteiger partial charge in [0.15, 0.2) is 0 Å². The molecule has 2 rings (SSSR count). The molecule has 0 radical (unpaired) electrons. The lowest BCUT2D eigenvalue weighted by Crippen LogP contribution is -2.31. The van der Waals surface area contributed by atoms with Crippen molar-refractivity contribution in [2.75, 3.05) is 16.8 Å². The van der Waals surface area contributed by atoms with Crippen molar-refractivity contribution >= 4 is 33.0 Å². The first kappa shape index (κ1) is 13.4. The van der Waals surface area contributed by atoms with Gasteiger partial charge in [0.25, 0.3) is 0 Å². The molecule has 18 heavy (non-hydrogen) atoms. The van der Waals surface area contributed by atoms with Gasteiger partial charge in [0.2, 0.25) is 5.91 Å². The van der Waals surface area contributed by atoms with Crippen LogP contribution in [0.15, 0.2) is 24.3 Å². The van der Waals surface area contributed by atoms with Gasteiger partial charge < -0.3 is 5.32 Å². The lowest BCUT2D eigenvalue weighted by atomic mass is 10.0. The Bertz CT molecular complexity index is 542. The first-order chi connectivity index (χ1) is 8.48. The monoisotopic (exact) mass is 287 g/mol. The molecule has 0 aromatic heterocycles. The Kier molecular flexibility index (Phi) is 3.92. The number of halogens is 1. The number of hydrogen-bond donors (Lipinski definition) is 1. The molecule has 0 spiro atoms. The molecule has 0 bridgehead atoms. The first-order valence-corrected chi connectivity index (χ1v) is 7.94. The van der Waals surface area contributed by atoms with Gasteiger partial charge in [-0.2, -0.15) is 0 Å². The highest BCUT2D eigenvalue weighted by Gasteiger charge is 2.28. The summed E-state index contributed by atoms with van der Waals surface area (Å²) >= 11 is 5.94. The quantitative estimate of drug-likeness (QED) is 0.906. The summed E-state index contributed by atoms with van der Waals surface area (Å²) in [6, 6.07) is 6.99. The maximum atomic E-state index is 12.0. The van der Waals surface area contributed by atoms with Gasteiger partial charge in [0.05, 0.1) is 22.2 Å². The van der Waals surface area contributed by atoms with E-state index in [-0.39, 0.29) is 23.3 Å². The van der Waals surface area contributed by atoms with Crippen LogP contribution < -0.4 is 5.32 Å². The summed E-state index contributed by atoms with van der Waals surface area (Å²) in [6.07, 6.45) is 0.775. The summed E-state index contributed by atoms with van der Waals surface area (Å²) in [7, 11) is -2.94. The van der Waals surface area contributed by atoms with Crippen molar-refractivity contribution in [3.63, 3.8) is 0 Å². The van der Waals surface area contributed by atoms with E-state index in [0.717, 1.165) is 0 Å². The van der Waals surface area contributed by atoms with Gasteiger partial charge >= 0.3 is 0 Å². The Balaban J connectivity index is 2.00. The number of amides is 1. The second-order valence-electron chi connectivity index (χ2n) is 4.40. The van der Waals surface area contributed by atoms with Gasteiger partial charge in [-0.3, -0.25) is 4.79 Å². The topological polar surface area (TPSA) is 63.2 Å². The number of carbonyl (C=O) groups is 1. The zero-order valence-electron chi connectivity index (χ0n) is 9.73. The molecule has 1 N–H and O–H groups in total. The maximum Gasteiger partial charge on any atom is 0.227 e. The highest BCUT2D eigenvalue weighted by Crippen LogP contribution is 2.24. The zero-order chi connectivity index (χ0) is 13.2. The molecule has 0 saturated carbocycles. The molecule has 1 aliphatic rings. The molecule has 1 saturated heterocycles. The molecule has 1 aliphatic heterocycles. The largest absolute Gasteiger partial charge is 0.325 e. The van der Waals surface area contributed by atoms with Crippen molar-refractivity contribution in [3.8, 4) is 0 Å². The number of nitrogens with one attached hydrogen (secondary N) is 1. The van der Waals surface area contributed by atoms with E-state index in [0.29, 0.717) is 23.6 Å². The zero-order valence-corrected chi connectivity index (χ0v) is 11.3. The van der Waals surface area contributed by atoms with Crippen LogP contribution in [0.3, 0.4) is 0 Å². The molecule has 0 atom stereocenters. The van der Waals surface area contributed by atoms with E-state index >= 15 is 0 Å². The van der Waals surface area contributed by atoms with Crippen LogP contribution in [0.1, 0.15) is 12.8 Å². The molecule has 0 unspecified atom stereocenters. The maximum absolute atomic E-state index is 12.0. The normalized spacial score (nSPS) is 19.4. The Hall–Kier alpha value is -1.07. The smallest absolute Gasteiger partial charge is 0.227 e. The van der Waals surface area contributed by atoms with Crippen molar-refractivity contribution in [2.24, 2.45) is 5.92 Å². The van der Waals surface area contributed by atoms with E-state index in [2.05, 4.69) is 5.32 Å². The molecular weight excluding hydrogens is 274 g/mol. The predicted molar refractivity (Wildman–Crippen MR) is 71.5 cm³/mol. The molecule has 1 heterocycles. The third-order valence-electron chi connectivity index (χ3n) is 3.06. The Labute approximate surface area is 111 Å². The van der Waals surface area contributed by atoms with Gasteiger partial charge in [-0.05, 0) is 25.0 Å². The highest BCUT2D eigenvalue weighted by atomic mass is 35.5. The number of rotatable bonds is 2. The highest BCUT2D eigenvalue weighted by molar-refractivity contribution is 7.91. The minimum atomic E-state index is -2.94. The van der Waals surface area contributed by atoms with Gasteiger partial charge in [0, 0.05) is 5.92 Å². The van der Waals surface area contributed by atoms with Crippen molar-refractivity contribution in [3.05, 3.63) is 29.3 Å². The van der Waals surface area contributed by atoms with Crippen LogP contribution in [0, 0.1) is 5.92 Å². The molecule has 6 heteroatoms. The van der Waals surface area contributed by atoms with Crippen LogP contribution in [-0.2, 0) is 14.6 Å². The minimum absolute atomic E-state index is 0.0909. The Morgan fingerprint density at radius 2 is 1.83 bits per heavy atom. The van der Waals surface area contributed by atoms with E-state index in [1.54, 1.807) is 24.3 Å². The van der Waals surface area contributed by atoms with Crippen LogP contribution in [0.4, 0.5) is 5.69 Å². The second-order valence-corrected chi connectivity index (χ2v) is 7.11. The van der Waals surface area contributed by atoms with Gasteiger partial charge in [-0.15, -0.1) is 0 Å². The van der Waals surface area contributed by atoms with Crippen LogP contribution in [0.5, 0.6) is 0 Å². The molecule has 98 valence electrons. The summed E-state index contributed by atoms with van der Waals surface area (Å²) < 4.78 is 22.6. The average Bonchev–Trinajstić information content (AvgIpc) is 2.32. The third-order valence-corrected chi connectivity index (χ3v) is 5.10. The van der Waals surface area contributed by atoms with Crippen molar-refractivity contribution in [1.29, 1.82) is 0 Å². The van der Waals surface area contributed by atoms with Crippen LogP contribution >= 0.6 is 11.6 Å². The number of sulfone groups is 1. The SMILES string of the molecule is O=C(Nc1ccccc1Cl)C1CCS(=O)(=O)CC1. The summed E-state index contributed by atoms with van der Waals surface area (Å²) in [6.45, 7) is 0. The van der Waals surface area contributed by atoms with E-state index in [1.807, 2.05) is 0 Å². The lowest BCUT2D eigenvalue weighted by Gasteiger charge is -2.21. The molecule has 1 aromatic rings. The number of anilines is 1. The fourth-order valence-corrected chi connectivity index (χ4v) is 3.62. The fraction of sp³-hybridized carbons (Fsp3) is 0.417. The van der Waals surface area contributed by atoms with Crippen molar-refractivity contribution < 1.29 is 13.2 Å². The van der Waals surface area contributed by atoms with E-state index in [4.69, 9.17) is 11.6 Å². The van der Waals surface area contributed by atoms with Crippen LogP contribution in [0.2, 0.25) is 5.02 Å². The minimum Gasteiger partial charge on any atom is -0.325 e. The predicted octanol–water partition coefficient (Wildman–Crippen LogP) is 2.10. The average molecular weight is 288 g/mol.